The summed E-state index contributed by atoms with van der Waals surface area (Å²) >= 11 is 0. The van der Waals surface area contributed by atoms with Crippen molar-refractivity contribution in [1.29, 1.82) is 0 Å². The second-order valence-electron chi connectivity index (χ2n) is 5.95. The topological polar surface area (TPSA) is 65.2 Å². The highest BCUT2D eigenvalue weighted by molar-refractivity contribution is 6.13. The molecular weight excluding hydrogens is 192 g/mol. The second kappa shape index (κ2) is 1.70. The summed E-state index contributed by atoms with van der Waals surface area (Å²) in [7, 11) is 0. The van der Waals surface area contributed by atoms with E-state index in [2.05, 4.69) is 10.3 Å². The average molecular weight is 204 g/mol. The minimum Gasteiger partial charge on any atom is -0.411 e. The van der Waals surface area contributed by atoms with Gasteiger partial charge in [-0.25, -0.2) is 0 Å². The normalized spacial score (nSPS) is 71.2. The van der Waals surface area contributed by atoms with Crippen LogP contribution in [0.3, 0.4) is 0 Å². The Kier molecular flexibility index (Phi) is 0.822. The van der Waals surface area contributed by atoms with Gasteiger partial charge in [0.2, 0.25) is 0 Å². The van der Waals surface area contributed by atoms with E-state index in [-0.39, 0.29) is 5.41 Å². The Morgan fingerprint density at radius 1 is 1.20 bits per heavy atom. The molecule has 1 spiro atoms. The van der Waals surface area contributed by atoms with Crippen LogP contribution in [0.5, 0.6) is 0 Å². The monoisotopic (exact) mass is 204 g/mol. The molecule has 7 bridgehead atoms. The van der Waals surface area contributed by atoms with Gasteiger partial charge in [0.25, 0.3) is 0 Å². The van der Waals surface area contributed by atoms with Gasteiger partial charge in [0.05, 0.1) is 11.4 Å². The highest BCUT2D eigenvalue weighted by Gasteiger charge is 2.88. The number of oxime groups is 2. The highest BCUT2D eigenvalue weighted by Crippen LogP contribution is 2.87. The number of nitrogens with zero attached hydrogens (tertiary/aromatic N) is 2. The van der Waals surface area contributed by atoms with Crippen molar-refractivity contribution < 1.29 is 10.4 Å². The molecule has 0 aromatic heterocycles. The average Bonchev–Trinajstić information content (AvgIpc) is 2.64. The molecule has 7 saturated carbocycles. The fraction of sp³-hybridized carbons (Fsp3) is 0.818. The number of hydrogen-bond acceptors (Lipinski definition) is 4. The van der Waals surface area contributed by atoms with E-state index in [9.17, 15) is 5.21 Å². The summed E-state index contributed by atoms with van der Waals surface area (Å²) < 4.78 is 0. The fourth-order valence-electron chi connectivity index (χ4n) is 6.20. The Bertz CT molecular complexity index is 450. The van der Waals surface area contributed by atoms with Crippen LogP contribution in [-0.2, 0) is 0 Å². The quantitative estimate of drug-likeness (QED) is 0.459. The van der Waals surface area contributed by atoms with E-state index < -0.39 is 0 Å². The Hall–Kier alpha value is -1.06. The van der Waals surface area contributed by atoms with Crippen LogP contribution in [0.2, 0.25) is 0 Å². The number of hydrogen-bond donors (Lipinski definition) is 2. The van der Waals surface area contributed by atoms with E-state index in [1.165, 1.54) is 12.8 Å². The molecule has 7 aliphatic carbocycles. The molecular formula is C11H12N2O2. The lowest BCUT2D eigenvalue weighted by Crippen LogP contribution is -2.64. The molecule has 0 aromatic rings. The van der Waals surface area contributed by atoms with Gasteiger partial charge < -0.3 is 10.4 Å². The molecule has 4 heteroatoms. The third-order valence-electron chi connectivity index (χ3n) is 6.21. The summed E-state index contributed by atoms with van der Waals surface area (Å²) in [5.74, 6) is 3.51. The first-order valence-electron chi connectivity index (χ1n) is 5.79. The van der Waals surface area contributed by atoms with Crippen molar-refractivity contribution in [1.82, 2.24) is 0 Å². The van der Waals surface area contributed by atoms with Crippen LogP contribution in [-0.4, -0.2) is 21.8 Å². The Balaban J connectivity index is 1.84. The molecule has 0 heterocycles. The Labute approximate surface area is 86.6 Å². The molecule has 7 rings (SSSR count). The van der Waals surface area contributed by atoms with Crippen LogP contribution in [0, 0.1) is 40.9 Å². The molecule has 0 saturated heterocycles. The van der Waals surface area contributed by atoms with Crippen LogP contribution >= 0.6 is 0 Å². The Morgan fingerprint density at radius 3 is 2.80 bits per heavy atom. The van der Waals surface area contributed by atoms with Crippen molar-refractivity contribution in [2.45, 2.75) is 12.8 Å². The van der Waals surface area contributed by atoms with Gasteiger partial charge >= 0.3 is 0 Å². The SMILES string of the molecule is O/N=C1/[C@@H]2[C@H]3C[C@@]14[C@@H]3[C@@H]1C[C@@H]2/C(=N\O)[C@H]14. The maximum Gasteiger partial charge on any atom is 0.0682 e. The van der Waals surface area contributed by atoms with Crippen molar-refractivity contribution in [3.8, 4) is 0 Å². The maximum absolute atomic E-state index is 9.18. The summed E-state index contributed by atoms with van der Waals surface area (Å²) in [5, 5.41) is 25.4. The molecule has 2 N–H and O–H groups in total. The molecule has 0 aromatic carbocycles. The molecule has 0 amide bonds. The molecule has 7 fully saturated rings. The summed E-state index contributed by atoms with van der Waals surface area (Å²) in [5.41, 5.74) is 2.26. The van der Waals surface area contributed by atoms with Crippen molar-refractivity contribution in [2.24, 2.45) is 51.2 Å². The lowest BCUT2D eigenvalue weighted by molar-refractivity contribution is -0.151. The van der Waals surface area contributed by atoms with E-state index in [4.69, 9.17) is 5.21 Å². The molecule has 0 unspecified atom stereocenters. The third kappa shape index (κ3) is 0.404. The third-order valence-corrected chi connectivity index (χ3v) is 6.21. The second-order valence-corrected chi connectivity index (χ2v) is 5.95. The van der Waals surface area contributed by atoms with E-state index >= 15 is 0 Å². The van der Waals surface area contributed by atoms with Crippen molar-refractivity contribution in [2.75, 3.05) is 0 Å². The lowest BCUT2D eigenvalue weighted by atomic mass is 9.38. The zero-order valence-corrected chi connectivity index (χ0v) is 8.17. The van der Waals surface area contributed by atoms with E-state index in [1.54, 1.807) is 0 Å². The molecule has 0 radical (unpaired) electrons. The predicted molar refractivity (Wildman–Crippen MR) is 51.1 cm³/mol. The smallest absolute Gasteiger partial charge is 0.0682 e. The van der Waals surface area contributed by atoms with Gasteiger partial charge in [0.15, 0.2) is 0 Å². The van der Waals surface area contributed by atoms with Gasteiger partial charge in [-0.05, 0) is 30.6 Å². The van der Waals surface area contributed by atoms with E-state index in [0.717, 1.165) is 29.2 Å². The minimum absolute atomic E-state index is 0.156. The zero-order chi connectivity index (χ0) is 9.95. The largest absolute Gasteiger partial charge is 0.411 e. The van der Waals surface area contributed by atoms with E-state index in [0.29, 0.717) is 17.8 Å². The summed E-state index contributed by atoms with van der Waals surface area (Å²) in [6.45, 7) is 0. The first kappa shape index (κ1) is 7.25. The van der Waals surface area contributed by atoms with Crippen molar-refractivity contribution >= 4 is 11.4 Å². The highest BCUT2D eigenvalue weighted by atomic mass is 16.4. The van der Waals surface area contributed by atoms with Crippen molar-refractivity contribution in [3.63, 3.8) is 0 Å². The van der Waals surface area contributed by atoms with Crippen molar-refractivity contribution in [3.05, 3.63) is 0 Å². The molecule has 15 heavy (non-hydrogen) atoms. The van der Waals surface area contributed by atoms with Crippen LogP contribution < -0.4 is 0 Å². The van der Waals surface area contributed by atoms with Gasteiger partial charge in [0, 0.05) is 23.2 Å². The summed E-state index contributed by atoms with van der Waals surface area (Å²) in [4.78, 5) is 0. The molecule has 7 atom stereocenters. The minimum atomic E-state index is 0.156. The maximum atomic E-state index is 9.18. The first-order chi connectivity index (χ1) is 7.34. The summed E-state index contributed by atoms with van der Waals surface area (Å²) in [6, 6.07) is 0. The zero-order valence-electron chi connectivity index (χ0n) is 8.17. The van der Waals surface area contributed by atoms with Gasteiger partial charge in [-0.2, -0.15) is 0 Å². The standard InChI is InChI=1S/C11H12N2O2/c14-12-9-3-1-4-7-5-2-11(7,8(4)9)10(13-15)6(3)5/h3-8,14-15H,1-2H2/b12-9+,13-10-/t3-,4-,5+,6-,7+,8-,11-/m0/s1. The van der Waals surface area contributed by atoms with Crippen LogP contribution in [0.25, 0.3) is 0 Å². The molecule has 78 valence electrons. The fourth-order valence-corrected chi connectivity index (χ4v) is 6.20. The summed E-state index contributed by atoms with van der Waals surface area (Å²) in [6.07, 6.45) is 2.37. The van der Waals surface area contributed by atoms with Crippen LogP contribution in [0.4, 0.5) is 0 Å². The van der Waals surface area contributed by atoms with E-state index in [1.807, 2.05) is 0 Å². The van der Waals surface area contributed by atoms with Gasteiger partial charge in [-0.1, -0.05) is 10.3 Å². The number of rotatable bonds is 0. The lowest BCUT2D eigenvalue weighted by Gasteiger charge is -2.64. The first-order valence-corrected chi connectivity index (χ1v) is 5.79. The Morgan fingerprint density at radius 2 is 2.07 bits per heavy atom. The molecule has 0 aliphatic heterocycles. The van der Waals surface area contributed by atoms with Gasteiger partial charge in [-0.3, -0.25) is 0 Å². The van der Waals surface area contributed by atoms with Gasteiger partial charge in [0.1, 0.15) is 0 Å². The molecule has 7 aliphatic rings. The van der Waals surface area contributed by atoms with Crippen LogP contribution in [0.1, 0.15) is 12.8 Å². The molecule has 4 nitrogen and oxygen atoms in total. The predicted octanol–water partition coefficient (Wildman–Crippen LogP) is 1.18. The van der Waals surface area contributed by atoms with Gasteiger partial charge in [-0.15, -0.1) is 0 Å². The van der Waals surface area contributed by atoms with Crippen LogP contribution in [0.15, 0.2) is 10.3 Å².